The molecule has 218 valence electrons. The third kappa shape index (κ3) is 7.87. The van der Waals surface area contributed by atoms with E-state index in [9.17, 15) is 21.9 Å². The Morgan fingerprint density at radius 1 is 0.850 bits per heavy atom. The van der Waals surface area contributed by atoms with Crippen molar-refractivity contribution >= 4 is 79.0 Å². The molecule has 0 aliphatic carbocycles. The number of nitrogens with zero attached hydrogens (tertiary/aromatic N) is 1. The summed E-state index contributed by atoms with van der Waals surface area (Å²) in [5.74, 6) is -0.964. The number of unbranched alkanes of at least 4 members (excludes halogenated alkanes) is 1. The number of hydrogen-bond acceptors (Lipinski definition) is 7. The van der Waals surface area contributed by atoms with Gasteiger partial charge in [0.1, 0.15) is 4.90 Å². The zero-order valence-electron chi connectivity index (χ0n) is 20.7. The number of phenolic OH excluding ortho intramolecular Hbond substituents is 1. The van der Waals surface area contributed by atoms with Gasteiger partial charge in [0.2, 0.25) is 10.0 Å². The van der Waals surface area contributed by atoms with Crippen LogP contribution >= 0.6 is 58.8 Å². The number of phenols is 1. The maximum Gasteiger partial charge on any atom is 0.339 e. The number of sulfonamides is 1. The van der Waals surface area contributed by atoms with Crippen molar-refractivity contribution < 1.29 is 26.1 Å². The van der Waals surface area contributed by atoms with Gasteiger partial charge in [0.15, 0.2) is 11.5 Å². The monoisotopic (exact) mass is 688 g/mol. The van der Waals surface area contributed by atoms with Gasteiger partial charge in [-0.25, -0.2) is 13.1 Å². The molecule has 8 nitrogen and oxygen atoms in total. The second kappa shape index (κ2) is 13.7. The lowest BCUT2D eigenvalue weighted by Crippen LogP contribution is -2.32. The van der Waals surface area contributed by atoms with E-state index >= 15 is 0 Å². The largest absolute Gasteiger partial charge is 0.505 e. The van der Waals surface area contributed by atoms with E-state index in [0.29, 0.717) is 6.42 Å². The van der Waals surface area contributed by atoms with E-state index in [2.05, 4.69) is 21.8 Å². The third-order valence-corrected chi connectivity index (χ3v) is 9.93. The van der Waals surface area contributed by atoms with Crippen LogP contribution in [0.4, 0.5) is 0 Å². The smallest absolute Gasteiger partial charge is 0.339 e. The topological polar surface area (TPSA) is 113 Å². The number of benzene rings is 3. The lowest BCUT2D eigenvalue weighted by molar-refractivity contribution is 0.249. The first-order valence-electron chi connectivity index (χ1n) is 11.8. The highest BCUT2D eigenvalue weighted by molar-refractivity contribution is 7.89. The van der Waals surface area contributed by atoms with Crippen molar-refractivity contribution in [2.75, 3.05) is 19.6 Å². The lowest BCUT2D eigenvalue weighted by atomic mass is 10.00. The molecule has 0 bridgehead atoms. The Balaban J connectivity index is 0.00000441. The molecule has 0 radical (unpaired) electrons. The van der Waals surface area contributed by atoms with Gasteiger partial charge < -0.3 is 9.29 Å². The summed E-state index contributed by atoms with van der Waals surface area (Å²) in [7, 11) is -8.51. The molecule has 1 aliphatic rings. The quantitative estimate of drug-likeness (QED) is 0.189. The van der Waals surface area contributed by atoms with Crippen LogP contribution in [-0.4, -0.2) is 46.5 Å². The standard InChI is InChI=1S/C25H24Cl4N2O6S2.ClH/c26-20-13-19(14-21(27)24(20)32)39(35,36)37-25-22(28)11-18(12-23(25)29)38(33,34)30-8-3-4-9-31-10-7-16-5-1-2-6-17(16)15-31;/h1-2,5-6,11-14,30,32H,3-4,7-10,15H2;1H. The summed E-state index contributed by atoms with van der Waals surface area (Å²) >= 11 is 23.9. The molecule has 4 rings (SSSR count). The van der Waals surface area contributed by atoms with Gasteiger partial charge in [0.05, 0.1) is 25.0 Å². The number of nitrogens with one attached hydrogen (secondary N) is 1. The fraction of sp³-hybridized carbons (Fsp3) is 0.280. The number of aromatic hydroxyl groups is 1. The summed E-state index contributed by atoms with van der Waals surface area (Å²) in [6.07, 6.45) is 2.43. The highest BCUT2D eigenvalue weighted by Crippen LogP contribution is 2.39. The van der Waals surface area contributed by atoms with Gasteiger partial charge in [0.25, 0.3) is 0 Å². The van der Waals surface area contributed by atoms with Gasteiger partial charge in [-0.05, 0) is 61.2 Å². The van der Waals surface area contributed by atoms with Crippen LogP contribution in [0.3, 0.4) is 0 Å². The molecular weight excluding hydrogens is 666 g/mol. The summed E-state index contributed by atoms with van der Waals surface area (Å²) in [4.78, 5) is 1.64. The van der Waals surface area contributed by atoms with Crippen molar-refractivity contribution in [2.45, 2.75) is 35.6 Å². The minimum Gasteiger partial charge on any atom is -0.505 e. The Morgan fingerprint density at radius 2 is 1.43 bits per heavy atom. The van der Waals surface area contributed by atoms with Crippen LogP contribution in [0.1, 0.15) is 24.0 Å². The SMILES string of the molecule is Cl.O=S(=O)(NCCCCN1CCc2ccccc2C1)c1cc(Cl)c(OS(=O)(=O)c2cc(Cl)c(O)c(Cl)c2)c(Cl)c1. The molecule has 0 atom stereocenters. The fourth-order valence-corrected chi connectivity index (χ4v) is 7.66. The van der Waals surface area contributed by atoms with E-state index in [1.54, 1.807) is 0 Å². The zero-order chi connectivity index (χ0) is 28.4. The first-order chi connectivity index (χ1) is 18.4. The second-order valence-electron chi connectivity index (χ2n) is 8.89. The molecule has 0 fully saturated rings. The van der Waals surface area contributed by atoms with Gasteiger partial charge in [0, 0.05) is 19.6 Å². The maximum atomic E-state index is 12.8. The minimum atomic E-state index is -4.53. The van der Waals surface area contributed by atoms with E-state index in [0.717, 1.165) is 56.7 Å². The van der Waals surface area contributed by atoms with Crippen molar-refractivity contribution in [3.05, 3.63) is 79.7 Å². The molecule has 1 heterocycles. The highest BCUT2D eigenvalue weighted by atomic mass is 35.5. The molecule has 0 saturated heterocycles. The van der Waals surface area contributed by atoms with Crippen LogP contribution in [0, 0.1) is 0 Å². The normalized spacial score (nSPS) is 13.9. The Labute approximate surface area is 259 Å². The zero-order valence-corrected chi connectivity index (χ0v) is 26.2. The molecule has 3 aromatic rings. The molecule has 0 aromatic heterocycles. The van der Waals surface area contributed by atoms with Crippen LogP contribution in [-0.2, 0) is 33.1 Å². The van der Waals surface area contributed by atoms with Crippen LogP contribution in [0.5, 0.6) is 11.5 Å². The molecule has 0 amide bonds. The Morgan fingerprint density at radius 3 is 2.05 bits per heavy atom. The molecular formula is C25H25Cl5N2O6S2. The van der Waals surface area contributed by atoms with E-state index in [1.807, 2.05) is 12.1 Å². The molecule has 0 unspecified atom stereocenters. The third-order valence-electron chi connectivity index (χ3n) is 6.16. The van der Waals surface area contributed by atoms with E-state index in [-0.39, 0.29) is 43.9 Å². The molecule has 0 spiro atoms. The number of hydrogen-bond donors (Lipinski definition) is 2. The van der Waals surface area contributed by atoms with Crippen molar-refractivity contribution in [1.29, 1.82) is 0 Å². The Kier molecular flexibility index (Phi) is 11.3. The molecule has 2 N–H and O–H groups in total. The fourth-order valence-electron chi connectivity index (χ4n) is 4.11. The van der Waals surface area contributed by atoms with Gasteiger partial charge in [-0.1, -0.05) is 70.7 Å². The summed E-state index contributed by atoms with van der Waals surface area (Å²) in [6.45, 7) is 2.91. The molecule has 1 aliphatic heterocycles. The van der Waals surface area contributed by atoms with Crippen LogP contribution in [0.2, 0.25) is 20.1 Å². The number of halogens is 5. The predicted molar refractivity (Wildman–Crippen MR) is 159 cm³/mol. The van der Waals surface area contributed by atoms with E-state index < -0.39 is 36.5 Å². The van der Waals surface area contributed by atoms with Crippen LogP contribution in [0.15, 0.2) is 58.3 Å². The van der Waals surface area contributed by atoms with Crippen molar-refractivity contribution in [2.24, 2.45) is 0 Å². The first kappa shape index (κ1) is 33.0. The summed E-state index contributed by atoms with van der Waals surface area (Å²) in [5, 5.41) is 8.36. The van der Waals surface area contributed by atoms with E-state index in [1.165, 1.54) is 11.1 Å². The van der Waals surface area contributed by atoms with Gasteiger partial charge >= 0.3 is 10.1 Å². The van der Waals surface area contributed by atoms with Crippen molar-refractivity contribution in [3.63, 3.8) is 0 Å². The minimum absolute atomic E-state index is 0. The van der Waals surface area contributed by atoms with Crippen molar-refractivity contribution in [1.82, 2.24) is 9.62 Å². The van der Waals surface area contributed by atoms with Gasteiger partial charge in [-0.3, -0.25) is 4.90 Å². The molecule has 15 heteroatoms. The lowest BCUT2D eigenvalue weighted by Gasteiger charge is -2.28. The predicted octanol–water partition coefficient (Wildman–Crippen LogP) is 6.31. The summed E-state index contributed by atoms with van der Waals surface area (Å²) in [5.41, 5.74) is 2.70. The number of rotatable bonds is 10. The first-order valence-corrected chi connectivity index (χ1v) is 16.2. The van der Waals surface area contributed by atoms with Crippen molar-refractivity contribution in [3.8, 4) is 11.5 Å². The average molecular weight is 691 g/mol. The Bertz CT molecular complexity index is 1560. The van der Waals surface area contributed by atoms with Gasteiger partial charge in [-0.2, -0.15) is 8.42 Å². The second-order valence-corrected chi connectivity index (χ2v) is 13.8. The average Bonchev–Trinajstić information content (AvgIpc) is 2.88. The molecule has 40 heavy (non-hydrogen) atoms. The summed E-state index contributed by atoms with van der Waals surface area (Å²) in [6, 6.07) is 12.3. The summed E-state index contributed by atoms with van der Waals surface area (Å²) < 4.78 is 58.6. The van der Waals surface area contributed by atoms with E-state index in [4.69, 9.17) is 50.6 Å². The molecule has 0 saturated carbocycles. The highest BCUT2D eigenvalue weighted by Gasteiger charge is 2.25. The molecule has 3 aromatic carbocycles. The van der Waals surface area contributed by atoms with Crippen LogP contribution in [0.25, 0.3) is 0 Å². The maximum absolute atomic E-state index is 12.8. The van der Waals surface area contributed by atoms with Crippen LogP contribution < -0.4 is 8.91 Å². The Hall–Kier alpha value is -1.47. The number of fused-ring (bicyclic) bond motifs is 1. The van der Waals surface area contributed by atoms with Gasteiger partial charge in [-0.15, -0.1) is 12.4 Å².